The van der Waals surface area contributed by atoms with Crippen LogP contribution in [0.5, 0.6) is 5.75 Å². The van der Waals surface area contributed by atoms with Crippen LogP contribution in [0.25, 0.3) is 0 Å². The van der Waals surface area contributed by atoms with E-state index in [2.05, 4.69) is 11.7 Å². The molecule has 0 aliphatic heterocycles. The molecule has 0 amide bonds. The minimum absolute atomic E-state index is 0.214. The van der Waals surface area contributed by atoms with E-state index >= 15 is 0 Å². The fourth-order valence-corrected chi connectivity index (χ4v) is 5.74. The van der Waals surface area contributed by atoms with Gasteiger partial charge in [0.2, 0.25) is 0 Å². The maximum absolute atomic E-state index is 13.1. The van der Waals surface area contributed by atoms with Crippen LogP contribution in [0.3, 0.4) is 0 Å². The Morgan fingerprint density at radius 2 is 1.42 bits per heavy atom. The first-order chi connectivity index (χ1) is 14.9. The highest BCUT2D eigenvalue weighted by molar-refractivity contribution is 5.30. The molecule has 2 aliphatic rings. The minimum Gasteiger partial charge on any atom is -0.428 e. The molecule has 0 atom stereocenters. The van der Waals surface area contributed by atoms with Crippen LogP contribution in [0.15, 0.2) is 24.3 Å². The first-order valence-electron chi connectivity index (χ1n) is 12.3. The van der Waals surface area contributed by atoms with Crippen LogP contribution in [0.2, 0.25) is 0 Å². The molecule has 5 heteroatoms. The van der Waals surface area contributed by atoms with Gasteiger partial charge in [0.25, 0.3) is 0 Å². The maximum atomic E-state index is 13.1. The monoisotopic (exact) mass is 442 g/mol. The molecular weight excluding hydrogens is 404 g/mol. The molecule has 1 nitrogen and oxygen atoms in total. The van der Waals surface area contributed by atoms with Gasteiger partial charge in [0.15, 0.2) is 0 Å². The molecule has 0 N–H and O–H groups in total. The number of rotatable bonds is 10. The van der Waals surface area contributed by atoms with Gasteiger partial charge in [-0.2, -0.15) is 17.6 Å². The van der Waals surface area contributed by atoms with E-state index in [4.69, 9.17) is 0 Å². The van der Waals surface area contributed by atoms with E-state index in [9.17, 15) is 17.6 Å². The summed E-state index contributed by atoms with van der Waals surface area (Å²) < 4.78 is 54.8. The van der Waals surface area contributed by atoms with E-state index in [0.29, 0.717) is 5.92 Å². The third kappa shape index (κ3) is 7.12. The lowest BCUT2D eigenvalue weighted by Crippen LogP contribution is -2.33. The highest BCUT2D eigenvalue weighted by Gasteiger charge is 2.44. The summed E-state index contributed by atoms with van der Waals surface area (Å²) in [5, 5.41) is 0. The molecule has 2 aliphatic carbocycles. The standard InChI is InChI=1S/C26H38F4O/c1-2-3-4-5-6-19-7-9-20(10-8-19)21-11-13-22(14-12-21)23-15-17-24(18-16-23)31-26(29,30)25(27)28/h15-22,25H,2-14H2,1H3. The van der Waals surface area contributed by atoms with Crippen molar-refractivity contribution < 1.29 is 22.3 Å². The van der Waals surface area contributed by atoms with Gasteiger partial charge in [-0.05, 0) is 79.9 Å². The summed E-state index contributed by atoms with van der Waals surface area (Å²) in [5.41, 5.74) is 1.10. The largest absolute Gasteiger partial charge is 0.461 e. The average Bonchev–Trinajstić information content (AvgIpc) is 2.77. The highest BCUT2D eigenvalue weighted by atomic mass is 19.3. The molecule has 0 bridgehead atoms. The number of unbranched alkanes of at least 4 members (excludes halogenated alkanes) is 3. The summed E-state index contributed by atoms with van der Waals surface area (Å²) in [4.78, 5) is 0. The number of hydrogen-bond acceptors (Lipinski definition) is 1. The molecular formula is C26H38F4O. The Balaban J connectivity index is 1.40. The molecule has 0 unspecified atom stereocenters. The van der Waals surface area contributed by atoms with Crippen molar-refractivity contribution in [1.29, 1.82) is 0 Å². The molecule has 0 saturated heterocycles. The lowest BCUT2D eigenvalue weighted by atomic mass is 9.68. The first-order valence-corrected chi connectivity index (χ1v) is 12.3. The van der Waals surface area contributed by atoms with Gasteiger partial charge in [0, 0.05) is 0 Å². The van der Waals surface area contributed by atoms with Crippen LogP contribution in [0, 0.1) is 17.8 Å². The average molecular weight is 443 g/mol. The zero-order valence-electron chi connectivity index (χ0n) is 18.8. The van der Waals surface area contributed by atoms with Crippen molar-refractivity contribution in [3.8, 4) is 5.75 Å². The molecule has 1 aromatic rings. The third-order valence-electron chi connectivity index (χ3n) is 7.66. The molecule has 31 heavy (non-hydrogen) atoms. The van der Waals surface area contributed by atoms with E-state index < -0.39 is 12.5 Å². The summed E-state index contributed by atoms with van der Waals surface area (Å²) in [6.07, 6.45) is 8.90. The molecule has 0 radical (unpaired) electrons. The molecule has 2 saturated carbocycles. The smallest absolute Gasteiger partial charge is 0.428 e. The Hall–Kier alpha value is -1.26. The fraction of sp³-hybridized carbons (Fsp3) is 0.769. The van der Waals surface area contributed by atoms with E-state index in [0.717, 1.165) is 36.2 Å². The third-order valence-corrected chi connectivity index (χ3v) is 7.66. The second-order valence-electron chi connectivity index (χ2n) is 9.78. The van der Waals surface area contributed by atoms with Gasteiger partial charge in [-0.15, -0.1) is 0 Å². The maximum Gasteiger partial charge on any atom is 0.461 e. The lowest BCUT2D eigenvalue weighted by molar-refractivity contribution is -0.253. The van der Waals surface area contributed by atoms with Gasteiger partial charge in [-0.25, -0.2) is 0 Å². The van der Waals surface area contributed by atoms with Crippen LogP contribution in [-0.2, 0) is 0 Å². The molecule has 2 fully saturated rings. The normalized spacial score (nSPS) is 27.4. The van der Waals surface area contributed by atoms with E-state index in [1.54, 1.807) is 12.1 Å². The van der Waals surface area contributed by atoms with Gasteiger partial charge < -0.3 is 4.74 Å². The van der Waals surface area contributed by atoms with Crippen LogP contribution in [-0.4, -0.2) is 12.5 Å². The van der Waals surface area contributed by atoms with E-state index in [1.807, 2.05) is 0 Å². The number of ether oxygens (including phenoxy) is 1. The second-order valence-corrected chi connectivity index (χ2v) is 9.78. The van der Waals surface area contributed by atoms with Crippen molar-refractivity contribution in [2.75, 3.05) is 0 Å². The Kier molecular flexibility index (Phi) is 9.09. The van der Waals surface area contributed by atoms with Crippen LogP contribution >= 0.6 is 0 Å². The molecule has 0 aromatic heterocycles. The number of alkyl halides is 4. The molecule has 0 spiro atoms. The summed E-state index contributed by atoms with van der Waals surface area (Å²) in [5.74, 6) is 2.86. The van der Waals surface area contributed by atoms with Crippen molar-refractivity contribution in [2.24, 2.45) is 17.8 Å². The van der Waals surface area contributed by atoms with Crippen molar-refractivity contribution in [2.45, 2.75) is 109 Å². The van der Waals surface area contributed by atoms with Gasteiger partial charge in [0.1, 0.15) is 5.75 Å². The Bertz CT molecular complexity index is 629. The predicted octanol–water partition coefficient (Wildman–Crippen LogP) is 8.97. The quantitative estimate of drug-likeness (QED) is 0.259. The molecule has 3 rings (SSSR count). The van der Waals surface area contributed by atoms with Crippen molar-refractivity contribution in [1.82, 2.24) is 0 Å². The Morgan fingerprint density at radius 3 is 1.97 bits per heavy atom. The van der Waals surface area contributed by atoms with Crippen molar-refractivity contribution >= 4 is 0 Å². The van der Waals surface area contributed by atoms with E-state index in [-0.39, 0.29) is 5.75 Å². The minimum atomic E-state index is -4.45. The van der Waals surface area contributed by atoms with Crippen molar-refractivity contribution in [3.63, 3.8) is 0 Å². The van der Waals surface area contributed by atoms with Crippen LogP contribution in [0.4, 0.5) is 17.6 Å². The molecule has 1 aromatic carbocycles. The first kappa shape index (κ1) is 24.4. The summed E-state index contributed by atoms with van der Waals surface area (Å²) >= 11 is 0. The van der Waals surface area contributed by atoms with Gasteiger partial charge in [-0.1, -0.05) is 64.0 Å². The summed E-state index contributed by atoms with van der Waals surface area (Å²) in [6, 6.07) is 6.29. The lowest BCUT2D eigenvalue weighted by Gasteiger charge is -2.38. The number of benzene rings is 1. The van der Waals surface area contributed by atoms with Crippen LogP contribution < -0.4 is 4.74 Å². The van der Waals surface area contributed by atoms with Gasteiger partial charge in [0.05, 0.1) is 0 Å². The number of halogens is 4. The highest BCUT2D eigenvalue weighted by Crippen LogP contribution is 2.44. The Labute approximate surface area is 184 Å². The zero-order chi connectivity index (χ0) is 22.3. The molecule has 176 valence electrons. The van der Waals surface area contributed by atoms with Crippen molar-refractivity contribution in [3.05, 3.63) is 29.8 Å². The van der Waals surface area contributed by atoms with Gasteiger partial charge >= 0.3 is 12.5 Å². The summed E-state index contributed by atoms with van der Waals surface area (Å²) in [7, 11) is 0. The van der Waals surface area contributed by atoms with Gasteiger partial charge in [-0.3, -0.25) is 0 Å². The topological polar surface area (TPSA) is 9.23 Å². The predicted molar refractivity (Wildman–Crippen MR) is 117 cm³/mol. The SMILES string of the molecule is CCCCCCC1CCC(C2CCC(c3ccc(OC(F)(F)C(F)F)cc3)CC2)CC1. The van der Waals surface area contributed by atoms with E-state index in [1.165, 1.54) is 82.8 Å². The Morgan fingerprint density at radius 1 is 0.839 bits per heavy atom. The zero-order valence-corrected chi connectivity index (χ0v) is 18.8. The summed E-state index contributed by atoms with van der Waals surface area (Å²) in [6.45, 7) is 2.27. The number of hydrogen-bond donors (Lipinski definition) is 0. The molecule has 0 heterocycles. The van der Waals surface area contributed by atoms with Crippen LogP contribution in [0.1, 0.15) is 102 Å². The second kappa shape index (κ2) is 11.6. The fourth-order valence-electron chi connectivity index (χ4n) is 5.74.